The van der Waals surface area contributed by atoms with Crippen molar-refractivity contribution in [3.63, 3.8) is 0 Å². The van der Waals surface area contributed by atoms with Gasteiger partial charge in [0.25, 0.3) is 5.91 Å². The Kier molecular flexibility index (Phi) is 3.70. The maximum atomic E-state index is 11.3. The number of nitrogens with two attached hydrogens (primary N) is 1. The van der Waals surface area contributed by atoms with E-state index in [1.807, 2.05) is 0 Å². The van der Waals surface area contributed by atoms with Crippen LogP contribution in [0, 0.1) is 6.92 Å². The first-order valence-corrected chi connectivity index (χ1v) is 8.57. The summed E-state index contributed by atoms with van der Waals surface area (Å²) in [7, 11) is 0. The van der Waals surface area contributed by atoms with Crippen LogP contribution in [0.1, 0.15) is 53.0 Å². The van der Waals surface area contributed by atoms with Crippen molar-refractivity contribution in [2.45, 2.75) is 45.1 Å². The Labute approximate surface area is 140 Å². The van der Waals surface area contributed by atoms with E-state index < -0.39 is 5.91 Å². The number of imidazole rings is 1. The normalized spacial score (nSPS) is 20.2. The van der Waals surface area contributed by atoms with E-state index in [1.54, 1.807) is 6.20 Å². The maximum absolute atomic E-state index is 11.3. The topological polar surface area (TPSA) is 89.9 Å². The molecule has 2 aromatic rings. The van der Waals surface area contributed by atoms with E-state index in [1.165, 1.54) is 30.4 Å². The molecular formula is C17H22N6O. The van der Waals surface area contributed by atoms with E-state index in [-0.39, 0.29) is 5.69 Å². The van der Waals surface area contributed by atoms with Gasteiger partial charge in [-0.05, 0) is 39.0 Å². The van der Waals surface area contributed by atoms with Crippen LogP contribution in [0.15, 0.2) is 12.4 Å². The van der Waals surface area contributed by atoms with Crippen LogP contribution in [0.5, 0.6) is 0 Å². The number of carbonyl (C=O) groups is 1. The second-order valence-electron chi connectivity index (χ2n) is 6.64. The fourth-order valence-corrected chi connectivity index (χ4v) is 3.97. The van der Waals surface area contributed by atoms with Crippen LogP contribution < -0.4 is 10.6 Å². The lowest BCUT2D eigenvalue weighted by molar-refractivity contribution is 0.0995. The van der Waals surface area contributed by atoms with Crippen molar-refractivity contribution in [1.82, 2.24) is 19.5 Å². The predicted molar refractivity (Wildman–Crippen MR) is 90.0 cm³/mol. The van der Waals surface area contributed by atoms with Crippen molar-refractivity contribution in [3.8, 4) is 0 Å². The molecule has 126 valence electrons. The third-order valence-electron chi connectivity index (χ3n) is 5.07. The Morgan fingerprint density at radius 3 is 2.92 bits per heavy atom. The van der Waals surface area contributed by atoms with Crippen molar-refractivity contribution >= 4 is 11.7 Å². The predicted octanol–water partition coefficient (Wildman–Crippen LogP) is 1.41. The minimum atomic E-state index is -0.542. The molecule has 24 heavy (non-hydrogen) atoms. The highest BCUT2D eigenvalue weighted by molar-refractivity contribution is 5.90. The quantitative estimate of drug-likeness (QED) is 0.921. The second kappa shape index (κ2) is 5.89. The standard InChI is InChI=1S/C17H22N6O/c1-11-20-13-4-2-3-5-15(13)23(11)12-6-7-22(10-12)16-9-19-8-14(21-16)17(18)24/h8-9,12H,2-7,10H2,1H3,(H2,18,24)/t12-/m1/s1. The molecule has 4 rings (SSSR count). The third-order valence-corrected chi connectivity index (χ3v) is 5.07. The summed E-state index contributed by atoms with van der Waals surface area (Å²) < 4.78 is 2.43. The molecule has 1 amide bonds. The number of aryl methyl sites for hydroxylation is 2. The van der Waals surface area contributed by atoms with Gasteiger partial charge in [0.05, 0.1) is 24.1 Å². The summed E-state index contributed by atoms with van der Waals surface area (Å²) in [6.45, 7) is 3.86. The van der Waals surface area contributed by atoms with Gasteiger partial charge in [-0.25, -0.2) is 9.97 Å². The SMILES string of the molecule is Cc1nc2c(n1[C@@H]1CCN(c3cncc(C(N)=O)n3)C1)CCCC2. The number of rotatable bonds is 3. The summed E-state index contributed by atoms with van der Waals surface area (Å²) in [6, 6.07) is 0.401. The fourth-order valence-electron chi connectivity index (χ4n) is 3.97. The zero-order valence-corrected chi connectivity index (χ0v) is 13.9. The molecule has 2 N–H and O–H groups in total. The number of fused-ring (bicyclic) bond motifs is 1. The molecule has 7 nitrogen and oxygen atoms in total. The molecule has 0 spiro atoms. The van der Waals surface area contributed by atoms with Gasteiger partial charge in [0.15, 0.2) is 0 Å². The first-order chi connectivity index (χ1) is 11.6. The number of hydrogen-bond acceptors (Lipinski definition) is 5. The van der Waals surface area contributed by atoms with Crippen LogP contribution >= 0.6 is 0 Å². The van der Waals surface area contributed by atoms with Crippen LogP contribution in [0.2, 0.25) is 0 Å². The van der Waals surface area contributed by atoms with Gasteiger partial charge in [0.2, 0.25) is 0 Å². The van der Waals surface area contributed by atoms with Gasteiger partial charge in [-0.15, -0.1) is 0 Å². The molecule has 0 aromatic carbocycles. The molecule has 0 bridgehead atoms. The Balaban J connectivity index is 1.58. The van der Waals surface area contributed by atoms with Gasteiger partial charge in [0.1, 0.15) is 17.3 Å². The van der Waals surface area contributed by atoms with Gasteiger partial charge in [-0.3, -0.25) is 9.78 Å². The Hall–Kier alpha value is -2.44. The molecule has 1 saturated heterocycles. The van der Waals surface area contributed by atoms with Crippen LogP contribution in [0.3, 0.4) is 0 Å². The van der Waals surface area contributed by atoms with E-state index in [4.69, 9.17) is 10.7 Å². The summed E-state index contributed by atoms with van der Waals surface area (Å²) >= 11 is 0. The average Bonchev–Trinajstić information content (AvgIpc) is 3.18. The van der Waals surface area contributed by atoms with Crippen molar-refractivity contribution in [2.24, 2.45) is 5.73 Å². The molecule has 0 radical (unpaired) electrons. The van der Waals surface area contributed by atoms with Crippen molar-refractivity contribution in [3.05, 3.63) is 35.3 Å². The highest BCUT2D eigenvalue weighted by Gasteiger charge is 2.30. The summed E-state index contributed by atoms with van der Waals surface area (Å²) in [4.78, 5) is 26.7. The van der Waals surface area contributed by atoms with Gasteiger partial charge < -0.3 is 15.2 Å². The molecule has 2 aromatic heterocycles. The zero-order valence-electron chi connectivity index (χ0n) is 13.9. The molecule has 0 unspecified atom stereocenters. The first-order valence-electron chi connectivity index (χ1n) is 8.57. The fraction of sp³-hybridized carbons (Fsp3) is 0.529. The smallest absolute Gasteiger partial charge is 0.268 e. The zero-order chi connectivity index (χ0) is 16.7. The summed E-state index contributed by atoms with van der Waals surface area (Å²) in [6.07, 6.45) is 8.89. The highest BCUT2D eigenvalue weighted by atomic mass is 16.1. The number of amides is 1. The Morgan fingerprint density at radius 1 is 1.25 bits per heavy atom. The summed E-state index contributed by atoms with van der Waals surface area (Å²) in [5, 5.41) is 0. The minimum Gasteiger partial charge on any atom is -0.364 e. The van der Waals surface area contributed by atoms with Gasteiger partial charge in [-0.2, -0.15) is 0 Å². The van der Waals surface area contributed by atoms with E-state index in [9.17, 15) is 4.79 Å². The first kappa shape index (κ1) is 15.1. The monoisotopic (exact) mass is 326 g/mol. The van der Waals surface area contributed by atoms with Crippen molar-refractivity contribution in [2.75, 3.05) is 18.0 Å². The number of anilines is 1. The van der Waals surface area contributed by atoms with E-state index in [2.05, 4.69) is 26.4 Å². The second-order valence-corrected chi connectivity index (χ2v) is 6.64. The molecule has 1 fully saturated rings. The minimum absolute atomic E-state index is 0.215. The molecule has 1 aliphatic carbocycles. The molecule has 0 saturated carbocycles. The maximum Gasteiger partial charge on any atom is 0.268 e. The average molecular weight is 326 g/mol. The number of primary amides is 1. The number of aromatic nitrogens is 4. The van der Waals surface area contributed by atoms with Crippen LogP contribution in [-0.2, 0) is 12.8 Å². The Morgan fingerprint density at radius 2 is 2.08 bits per heavy atom. The number of hydrogen-bond donors (Lipinski definition) is 1. The molecule has 1 atom stereocenters. The van der Waals surface area contributed by atoms with Gasteiger partial charge in [-0.1, -0.05) is 0 Å². The lowest BCUT2D eigenvalue weighted by atomic mass is 10.0. The largest absolute Gasteiger partial charge is 0.364 e. The molecule has 1 aliphatic heterocycles. The highest BCUT2D eigenvalue weighted by Crippen LogP contribution is 2.31. The van der Waals surface area contributed by atoms with Crippen molar-refractivity contribution in [1.29, 1.82) is 0 Å². The summed E-state index contributed by atoms with van der Waals surface area (Å²) in [5.41, 5.74) is 8.23. The Bertz CT molecular complexity index is 783. The van der Waals surface area contributed by atoms with Gasteiger partial charge in [0, 0.05) is 18.8 Å². The molecule has 2 aliphatic rings. The molecular weight excluding hydrogens is 304 g/mol. The van der Waals surface area contributed by atoms with Gasteiger partial charge >= 0.3 is 0 Å². The van der Waals surface area contributed by atoms with Crippen LogP contribution in [-0.4, -0.2) is 38.5 Å². The summed E-state index contributed by atoms with van der Waals surface area (Å²) in [5.74, 6) is 1.30. The molecule has 7 heteroatoms. The van der Waals surface area contributed by atoms with E-state index in [0.29, 0.717) is 6.04 Å². The van der Waals surface area contributed by atoms with Crippen LogP contribution in [0.4, 0.5) is 5.82 Å². The van der Waals surface area contributed by atoms with Crippen molar-refractivity contribution < 1.29 is 4.79 Å². The number of carbonyl (C=O) groups excluding carboxylic acids is 1. The lowest BCUT2D eigenvalue weighted by Gasteiger charge is -2.21. The van der Waals surface area contributed by atoms with E-state index in [0.717, 1.165) is 44.0 Å². The lowest BCUT2D eigenvalue weighted by Crippen LogP contribution is -2.24. The van der Waals surface area contributed by atoms with E-state index >= 15 is 0 Å². The molecule has 3 heterocycles. The number of nitrogens with zero attached hydrogens (tertiary/aromatic N) is 5. The third kappa shape index (κ3) is 2.53. The van der Waals surface area contributed by atoms with Crippen LogP contribution in [0.25, 0.3) is 0 Å².